The van der Waals surface area contributed by atoms with Crippen LogP contribution in [0.5, 0.6) is 0 Å². The summed E-state index contributed by atoms with van der Waals surface area (Å²) in [4.78, 5) is 12.1. The Bertz CT molecular complexity index is 522. The number of rotatable bonds is 7. The van der Waals surface area contributed by atoms with Gasteiger partial charge in [0.2, 0.25) is 5.91 Å². The highest BCUT2D eigenvalue weighted by Crippen LogP contribution is 2.35. The van der Waals surface area contributed by atoms with Crippen molar-refractivity contribution < 1.29 is 9.53 Å². The molecule has 126 valence electrons. The molecule has 2 fully saturated rings. The van der Waals surface area contributed by atoms with Gasteiger partial charge < -0.3 is 15.4 Å². The predicted molar refractivity (Wildman–Crippen MR) is 94.5 cm³/mol. The van der Waals surface area contributed by atoms with Gasteiger partial charge in [-0.3, -0.25) is 4.79 Å². The molecule has 0 atom stereocenters. The van der Waals surface area contributed by atoms with Crippen molar-refractivity contribution in [1.29, 1.82) is 0 Å². The summed E-state index contributed by atoms with van der Waals surface area (Å²) >= 11 is 3.49. The van der Waals surface area contributed by atoms with Crippen LogP contribution in [0.2, 0.25) is 0 Å². The second-order valence-electron chi connectivity index (χ2n) is 6.75. The molecule has 3 rings (SSSR count). The van der Waals surface area contributed by atoms with Crippen molar-refractivity contribution in [3.05, 3.63) is 34.3 Å². The number of halogens is 1. The Hall–Kier alpha value is -0.910. The van der Waals surface area contributed by atoms with Crippen LogP contribution in [0.3, 0.4) is 0 Å². The molecule has 0 unspecified atom stereocenters. The quantitative estimate of drug-likeness (QED) is 0.764. The smallest absolute Gasteiger partial charge is 0.233 e. The SMILES string of the molecule is O=C(CNCC1CC1)NCC1(c2ccc(Br)cc2)CCOCC1. The van der Waals surface area contributed by atoms with Crippen molar-refractivity contribution in [3.63, 3.8) is 0 Å². The van der Waals surface area contributed by atoms with E-state index in [-0.39, 0.29) is 11.3 Å². The highest BCUT2D eigenvalue weighted by atomic mass is 79.9. The first-order valence-corrected chi connectivity index (χ1v) is 9.28. The Kier molecular flexibility index (Phi) is 5.72. The second-order valence-corrected chi connectivity index (χ2v) is 7.67. The maximum absolute atomic E-state index is 12.1. The van der Waals surface area contributed by atoms with Crippen molar-refractivity contribution in [3.8, 4) is 0 Å². The van der Waals surface area contributed by atoms with Crippen LogP contribution in [0.4, 0.5) is 0 Å². The molecule has 0 radical (unpaired) electrons. The van der Waals surface area contributed by atoms with E-state index in [0.717, 1.165) is 43.0 Å². The lowest BCUT2D eigenvalue weighted by Gasteiger charge is -2.38. The van der Waals surface area contributed by atoms with Crippen LogP contribution in [0.25, 0.3) is 0 Å². The average molecular weight is 381 g/mol. The summed E-state index contributed by atoms with van der Waals surface area (Å²) in [6.07, 6.45) is 4.51. The highest BCUT2D eigenvalue weighted by molar-refractivity contribution is 9.10. The maximum Gasteiger partial charge on any atom is 0.233 e. The van der Waals surface area contributed by atoms with Crippen LogP contribution >= 0.6 is 15.9 Å². The molecule has 2 aliphatic rings. The molecule has 1 heterocycles. The second kappa shape index (κ2) is 7.77. The van der Waals surface area contributed by atoms with Gasteiger partial charge in [-0.05, 0) is 55.8 Å². The molecular weight excluding hydrogens is 356 g/mol. The van der Waals surface area contributed by atoms with Crippen molar-refractivity contribution in [2.45, 2.75) is 31.1 Å². The standard InChI is InChI=1S/C18H25BrN2O2/c19-16-5-3-15(4-6-16)18(7-9-23-10-8-18)13-21-17(22)12-20-11-14-1-2-14/h3-6,14,20H,1-2,7-13H2,(H,21,22). The van der Waals surface area contributed by atoms with Crippen molar-refractivity contribution in [1.82, 2.24) is 10.6 Å². The monoisotopic (exact) mass is 380 g/mol. The van der Waals surface area contributed by atoms with Gasteiger partial charge in [-0.2, -0.15) is 0 Å². The molecule has 1 aliphatic heterocycles. The topological polar surface area (TPSA) is 50.4 Å². The van der Waals surface area contributed by atoms with E-state index in [1.807, 2.05) is 0 Å². The van der Waals surface area contributed by atoms with Gasteiger partial charge in [-0.25, -0.2) is 0 Å². The summed E-state index contributed by atoms with van der Waals surface area (Å²) in [5, 5.41) is 6.38. The van der Waals surface area contributed by atoms with E-state index in [1.54, 1.807) is 0 Å². The number of carbonyl (C=O) groups excluding carboxylic acids is 1. The van der Waals surface area contributed by atoms with E-state index in [1.165, 1.54) is 18.4 Å². The van der Waals surface area contributed by atoms with Gasteiger partial charge in [-0.15, -0.1) is 0 Å². The van der Waals surface area contributed by atoms with E-state index in [2.05, 4.69) is 50.8 Å². The maximum atomic E-state index is 12.1. The summed E-state index contributed by atoms with van der Waals surface area (Å²) in [6.45, 7) is 3.59. The Labute approximate surface area is 146 Å². The van der Waals surface area contributed by atoms with Crippen LogP contribution < -0.4 is 10.6 Å². The first kappa shape index (κ1) is 16.9. The fourth-order valence-corrected chi connectivity index (χ4v) is 3.44. The average Bonchev–Trinajstić information content (AvgIpc) is 3.39. The van der Waals surface area contributed by atoms with E-state index in [4.69, 9.17) is 4.74 Å². The van der Waals surface area contributed by atoms with Crippen LogP contribution in [0.1, 0.15) is 31.2 Å². The number of ether oxygens (including phenoxy) is 1. The summed E-state index contributed by atoms with van der Waals surface area (Å²) < 4.78 is 6.62. The molecular formula is C18H25BrN2O2. The molecule has 0 aromatic heterocycles. The lowest BCUT2D eigenvalue weighted by Crippen LogP contribution is -2.46. The van der Waals surface area contributed by atoms with Crippen molar-refractivity contribution in [2.75, 3.05) is 32.8 Å². The summed E-state index contributed by atoms with van der Waals surface area (Å²) in [5.74, 6) is 0.890. The van der Waals surface area contributed by atoms with Gasteiger partial charge in [0.05, 0.1) is 6.54 Å². The minimum Gasteiger partial charge on any atom is -0.381 e. The molecule has 1 aliphatic carbocycles. The highest BCUT2D eigenvalue weighted by Gasteiger charge is 2.34. The fraction of sp³-hybridized carbons (Fsp3) is 0.611. The Morgan fingerprint density at radius 2 is 1.91 bits per heavy atom. The number of carbonyl (C=O) groups is 1. The molecule has 1 aromatic rings. The molecule has 2 N–H and O–H groups in total. The third kappa shape index (κ3) is 4.78. The molecule has 1 amide bonds. The molecule has 0 bridgehead atoms. The van der Waals surface area contributed by atoms with Gasteiger partial charge in [0.15, 0.2) is 0 Å². The van der Waals surface area contributed by atoms with Crippen LogP contribution in [-0.2, 0) is 14.9 Å². The minimum absolute atomic E-state index is 0.00883. The number of amides is 1. The van der Waals surface area contributed by atoms with Gasteiger partial charge in [0, 0.05) is 29.6 Å². The molecule has 0 spiro atoms. The first-order valence-electron chi connectivity index (χ1n) is 8.49. The minimum atomic E-state index is -0.00883. The zero-order valence-electron chi connectivity index (χ0n) is 13.4. The number of nitrogens with one attached hydrogen (secondary N) is 2. The summed E-state index contributed by atoms with van der Waals surface area (Å²) in [6, 6.07) is 8.47. The van der Waals surface area contributed by atoms with E-state index < -0.39 is 0 Å². The van der Waals surface area contributed by atoms with Crippen LogP contribution in [0, 0.1) is 5.92 Å². The zero-order chi connectivity index (χ0) is 16.1. The predicted octanol–water partition coefficient (Wildman–Crippen LogP) is 2.61. The van der Waals surface area contributed by atoms with E-state index in [0.29, 0.717) is 13.1 Å². The third-order valence-corrected chi connectivity index (χ3v) is 5.47. The van der Waals surface area contributed by atoms with Gasteiger partial charge in [-0.1, -0.05) is 28.1 Å². The van der Waals surface area contributed by atoms with Crippen molar-refractivity contribution in [2.24, 2.45) is 5.92 Å². The molecule has 5 heteroatoms. The Morgan fingerprint density at radius 1 is 1.22 bits per heavy atom. The van der Waals surface area contributed by atoms with Gasteiger partial charge in [0.1, 0.15) is 0 Å². The molecule has 4 nitrogen and oxygen atoms in total. The number of hydrogen-bond acceptors (Lipinski definition) is 3. The van der Waals surface area contributed by atoms with Crippen LogP contribution in [0.15, 0.2) is 28.7 Å². The molecule has 1 saturated carbocycles. The number of hydrogen-bond donors (Lipinski definition) is 2. The van der Waals surface area contributed by atoms with Crippen molar-refractivity contribution >= 4 is 21.8 Å². The van der Waals surface area contributed by atoms with Crippen LogP contribution in [-0.4, -0.2) is 38.8 Å². The Balaban J connectivity index is 1.57. The lowest BCUT2D eigenvalue weighted by atomic mass is 9.74. The normalized spacial score (nSPS) is 20.2. The largest absolute Gasteiger partial charge is 0.381 e. The Morgan fingerprint density at radius 3 is 2.57 bits per heavy atom. The third-order valence-electron chi connectivity index (χ3n) is 4.95. The van der Waals surface area contributed by atoms with E-state index >= 15 is 0 Å². The van der Waals surface area contributed by atoms with Gasteiger partial charge in [0.25, 0.3) is 0 Å². The van der Waals surface area contributed by atoms with E-state index in [9.17, 15) is 4.79 Å². The molecule has 23 heavy (non-hydrogen) atoms. The zero-order valence-corrected chi connectivity index (χ0v) is 15.0. The van der Waals surface area contributed by atoms with Gasteiger partial charge >= 0.3 is 0 Å². The first-order chi connectivity index (χ1) is 11.2. The molecule has 1 aromatic carbocycles. The fourth-order valence-electron chi connectivity index (χ4n) is 3.18. The number of benzene rings is 1. The summed E-state index contributed by atoms with van der Waals surface area (Å²) in [7, 11) is 0. The lowest BCUT2D eigenvalue weighted by molar-refractivity contribution is -0.120. The summed E-state index contributed by atoms with van der Waals surface area (Å²) in [5.41, 5.74) is 1.28. The molecule has 1 saturated heterocycles.